The predicted molar refractivity (Wildman–Crippen MR) is 100 cm³/mol. The Balaban J connectivity index is 1.86. The first-order valence-corrected chi connectivity index (χ1v) is 8.56. The van der Waals surface area contributed by atoms with E-state index in [0.29, 0.717) is 18.0 Å². The van der Waals surface area contributed by atoms with Crippen LogP contribution in [0.25, 0.3) is 0 Å². The summed E-state index contributed by atoms with van der Waals surface area (Å²) in [5.41, 5.74) is 2.87. The van der Waals surface area contributed by atoms with E-state index in [2.05, 4.69) is 10.6 Å². The van der Waals surface area contributed by atoms with Crippen LogP contribution in [0.1, 0.15) is 31.4 Å². The van der Waals surface area contributed by atoms with E-state index < -0.39 is 0 Å². The molecule has 0 aromatic heterocycles. The van der Waals surface area contributed by atoms with E-state index in [1.165, 1.54) is 0 Å². The second-order valence-corrected chi connectivity index (χ2v) is 6.14. The lowest BCUT2D eigenvalue weighted by Gasteiger charge is -2.16. The number of aromatic hydroxyl groups is 1. The molecule has 3 N–H and O–H groups in total. The van der Waals surface area contributed by atoms with Crippen molar-refractivity contribution >= 4 is 11.7 Å². The van der Waals surface area contributed by atoms with Gasteiger partial charge in [-0.25, -0.2) is 4.79 Å². The summed E-state index contributed by atoms with van der Waals surface area (Å²) in [6, 6.07) is 12.6. The molecule has 25 heavy (non-hydrogen) atoms. The van der Waals surface area contributed by atoms with Gasteiger partial charge in [0.1, 0.15) is 11.5 Å². The Bertz CT molecular complexity index is 699. The van der Waals surface area contributed by atoms with Gasteiger partial charge in [0.25, 0.3) is 0 Å². The fourth-order valence-corrected chi connectivity index (χ4v) is 2.51. The number of nitrogens with one attached hydrogen (secondary N) is 2. The Morgan fingerprint density at radius 2 is 1.92 bits per heavy atom. The average Bonchev–Trinajstić information content (AvgIpc) is 2.57. The summed E-state index contributed by atoms with van der Waals surface area (Å²) >= 11 is 0. The highest BCUT2D eigenvalue weighted by Gasteiger charge is 2.11. The number of rotatable bonds is 7. The van der Waals surface area contributed by atoms with Crippen LogP contribution in [0.2, 0.25) is 0 Å². The SMILES string of the molecule is CCOc1cc(C)ccc1NC(=O)NC(C)CCc1ccc(O)cc1. The molecule has 2 amide bonds. The zero-order valence-corrected chi connectivity index (χ0v) is 15.0. The number of anilines is 1. The van der Waals surface area contributed by atoms with Gasteiger partial charge in [-0.2, -0.15) is 0 Å². The second-order valence-electron chi connectivity index (χ2n) is 6.14. The Morgan fingerprint density at radius 3 is 2.60 bits per heavy atom. The summed E-state index contributed by atoms with van der Waals surface area (Å²) in [6.07, 6.45) is 1.64. The molecule has 0 aliphatic carbocycles. The van der Waals surface area contributed by atoms with Gasteiger partial charge in [-0.3, -0.25) is 0 Å². The van der Waals surface area contributed by atoms with Crippen molar-refractivity contribution < 1.29 is 14.6 Å². The molecule has 2 aromatic carbocycles. The largest absolute Gasteiger partial charge is 0.508 e. The smallest absolute Gasteiger partial charge is 0.319 e. The highest BCUT2D eigenvalue weighted by Crippen LogP contribution is 2.25. The normalized spacial score (nSPS) is 11.6. The van der Waals surface area contributed by atoms with Crippen LogP contribution in [-0.2, 0) is 6.42 Å². The molecule has 0 spiro atoms. The van der Waals surface area contributed by atoms with Crippen molar-refractivity contribution in [3.63, 3.8) is 0 Å². The van der Waals surface area contributed by atoms with Crippen LogP contribution < -0.4 is 15.4 Å². The molecule has 0 fully saturated rings. The molecule has 0 saturated carbocycles. The molecule has 2 aromatic rings. The predicted octanol–water partition coefficient (Wildman–Crippen LogP) is 4.24. The van der Waals surface area contributed by atoms with Gasteiger partial charge in [-0.15, -0.1) is 0 Å². The summed E-state index contributed by atoms with van der Waals surface area (Å²) in [6.45, 7) is 6.41. The first kappa shape index (κ1) is 18.6. The molecule has 0 aliphatic heterocycles. The number of phenols is 1. The maximum Gasteiger partial charge on any atom is 0.319 e. The molecule has 0 radical (unpaired) electrons. The van der Waals surface area contributed by atoms with Gasteiger partial charge in [-0.1, -0.05) is 18.2 Å². The van der Waals surface area contributed by atoms with E-state index in [-0.39, 0.29) is 17.8 Å². The molecule has 0 aliphatic rings. The third-order valence-electron chi connectivity index (χ3n) is 3.87. The van der Waals surface area contributed by atoms with Crippen LogP contribution in [0.3, 0.4) is 0 Å². The number of ether oxygens (including phenoxy) is 1. The van der Waals surface area contributed by atoms with E-state index in [1.54, 1.807) is 12.1 Å². The molecule has 0 heterocycles. The van der Waals surface area contributed by atoms with Gasteiger partial charge in [0.15, 0.2) is 0 Å². The third kappa shape index (κ3) is 6.03. The van der Waals surface area contributed by atoms with Crippen LogP contribution in [0.5, 0.6) is 11.5 Å². The number of urea groups is 1. The van der Waals surface area contributed by atoms with E-state index in [0.717, 1.165) is 24.0 Å². The van der Waals surface area contributed by atoms with E-state index in [1.807, 2.05) is 51.1 Å². The Labute approximate surface area is 149 Å². The van der Waals surface area contributed by atoms with Crippen molar-refractivity contribution in [1.82, 2.24) is 5.32 Å². The van der Waals surface area contributed by atoms with Crippen LogP contribution in [0, 0.1) is 6.92 Å². The van der Waals surface area contributed by atoms with E-state index >= 15 is 0 Å². The molecule has 5 nitrogen and oxygen atoms in total. The molecule has 2 rings (SSSR count). The standard InChI is InChI=1S/C20H26N2O3/c1-4-25-19-13-14(2)5-12-18(19)22-20(24)21-15(3)6-7-16-8-10-17(23)11-9-16/h5,8-13,15,23H,4,6-7H2,1-3H3,(H2,21,22,24). The van der Waals surface area contributed by atoms with Gasteiger partial charge >= 0.3 is 6.03 Å². The number of amides is 2. The molecule has 0 saturated heterocycles. The highest BCUT2D eigenvalue weighted by molar-refractivity contribution is 5.91. The summed E-state index contributed by atoms with van der Waals surface area (Å²) in [4.78, 5) is 12.2. The van der Waals surface area contributed by atoms with Gasteiger partial charge in [0.2, 0.25) is 0 Å². The lowest BCUT2D eigenvalue weighted by molar-refractivity contribution is 0.248. The number of carbonyl (C=O) groups excluding carboxylic acids is 1. The van der Waals surface area contributed by atoms with Crippen LogP contribution in [0.4, 0.5) is 10.5 Å². The van der Waals surface area contributed by atoms with E-state index in [4.69, 9.17) is 4.74 Å². The van der Waals surface area contributed by atoms with Crippen LogP contribution in [0.15, 0.2) is 42.5 Å². The minimum Gasteiger partial charge on any atom is -0.508 e. The summed E-state index contributed by atoms with van der Waals surface area (Å²) in [5, 5.41) is 15.1. The summed E-state index contributed by atoms with van der Waals surface area (Å²) in [5.74, 6) is 0.937. The van der Waals surface area contributed by atoms with Crippen molar-refractivity contribution in [3.8, 4) is 11.5 Å². The molecular formula is C20H26N2O3. The second kappa shape index (κ2) is 8.97. The van der Waals surface area contributed by atoms with Crippen LogP contribution in [-0.4, -0.2) is 23.8 Å². The molecular weight excluding hydrogens is 316 g/mol. The topological polar surface area (TPSA) is 70.6 Å². The molecule has 0 bridgehead atoms. The molecule has 5 heteroatoms. The minimum atomic E-state index is -0.247. The zero-order chi connectivity index (χ0) is 18.2. The quantitative estimate of drug-likeness (QED) is 0.705. The van der Waals surface area contributed by atoms with Crippen molar-refractivity contribution in [2.24, 2.45) is 0 Å². The highest BCUT2D eigenvalue weighted by atomic mass is 16.5. The number of hydrogen-bond acceptors (Lipinski definition) is 3. The summed E-state index contributed by atoms with van der Waals surface area (Å²) in [7, 11) is 0. The summed E-state index contributed by atoms with van der Waals surface area (Å²) < 4.78 is 5.58. The number of benzene rings is 2. The Hall–Kier alpha value is -2.69. The monoisotopic (exact) mass is 342 g/mol. The fraction of sp³-hybridized carbons (Fsp3) is 0.350. The number of hydrogen-bond donors (Lipinski definition) is 3. The lowest BCUT2D eigenvalue weighted by atomic mass is 10.1. The molecule has 1 unspecified atom stereocenters. The Kier molecular flexibility index (Phi) is 6.69. The first-order valence-electron chi connectivity index (χ1n) is 8.56. The zero-order valence-electron chi connectivity index (χ0n) is 15.0. The number of carbonyl (C=O) groups is 1. The van der Waals surface area contributed by atoms with Gasteiger partial charge in [0.05, 0.1) is 12.3 Å². The van der Waals surface area contributed by atoms with E-state index in [9.17, 15) is 9.90 Å². The minimum absolute atomic E-state index is 0.0230. The van der Waals surface area contributed by atoms with Crippen molar-refractivity contribution in [1.29, 1.82) is 0 Å². The lowest BCUT2D eigenvalue weighted by Crippen LogP contribution is -2.36. The molecule has 1 atom stereocenters. The van der Waals surface area contributed by atoms with Crippen molar-refractivity contribution in [2.45, 2.75) is 39.7 Å². The first-order chi connectivity index (χ1) is 12.0. The number of phenolic OH excluding ortho intramolecular Hbond substituents is 1. The molecule has 134 valence electrons. The van der Waals surface area contributed by atoms with Gasteiger partial charge in [-0.05, 0) is 69.0 Å². The maximum absolute atomic E-state index is 12.2. The van der Waals surface area contributed by atoms with Gasteiger partial charge < -0.3 is 20.5 Å². The van der Waals surface area contributed by atoms with Gasteiger partial charge in [0, 0.05) is 6.04 Å². The van der Waals surface area contributed by atoms with Crippen molar-refractivity contribution in [2.75, 3.05) is 11.9 Å². The maximum atomic E-state index is 12.2. The number of aryl methyl sites for hydroxylation is 2. The van der Waals surface area contributed by atoms with Crippen molar-refractivity contribution in [3.05, 3.63) is 53.6 Å². The average molecular weight is 342 g/mol. The Morgan fingerprint density at radius 1 is 1.20 bits per heavy atom. The third-order valence-corrected chi connectivity index (χ3v) is 3.87. The fourth-order valence-electron chi connectivity index (χ4n) is 2.51. The van der Waals surface area contributed by atoms with Crippen LogP contribution >= 0.6 is 0 Å².